The molecule has 0 amide bonds. The summed E-state index contributed by atoms with van der Waals surface area (Å²) in [6, 6.07) is 3.38. The Balaban J connectivity index is 1.92. The first kappa shape index (κ1) is 11.1. The van der Waals surface area contributed by atoms with E-state index in [0.29, 0.717) is 12.1 Å². The maximum absolute atomic E-state index is 3.72. The van der Waals surface area contributed by atoms with Crippen LogP contribution in [0.3, 0.4) is 0 Å². The summed E-state index contributed by atoms with van der Waals surface area (Å²) in [4.78, 5) is 3.88. The molecular formula is C12H20N2S. The lowest BCUT2D eigenvalue weighted by molar-refractivity contribution is 0.388. The van der Waals surface area contributed by atoms with Crippen LogP contribution in [0.2, 0.25) is 0 Å². The lowest BCUT2D eigenvalue weighted by Gasteiger charge is -2.19. The van der Waals surface area contributed by atoms with E-state index in [2.05, 4.69) is 42.6 Å². The van der Waals surface area contributed by atoms with Gasteiger partial charge in [0.15, 0.2) is 0 Å². The van der Waals surface area contributed by atoms with Crippen molar-refractivity contribution < 1.29 is 0 Å². The fourth-order valence-electron chi connectivity index (χ4n) is 2.33. The summed E-state index contributed by atoms with van der Waals surface area (Å²) in [7, 11) is 2.20. The molecule has 0 unspecified atom stereocenters. The van der Waals surface area contributed by atoms with Gasteiger partial charge in [-0.25, -0.2) is 0 Å². The summed E-state index contributed by atoms with van der Waals surface area (Å²) < 4.78 is 0. The van der Waals surface area contributed by atoms with Gasteiger partial charge in [0.25, 0.3) is 0 Å². The van der Waals surface area contributed by atoms with Crippen molar-refractivity contribution >= 4 is 11.3 Å². The smallest absolute Gasteiger partial charge is 0.0391 e. The number of aryl methyl sites for hydroxylation is 1. The molecule has 1 aliphatic heterocycles. The Hall–Kier alpha value is -0.380. The van der Waals surface area contributed by atoms with E-state index in [9.17, 15) is 0 Å². The molecule has 1 aliphatic rings. The molecule has 2 heterocycles. The van der Waals surface area contributed by atoms with E-state index in [1.807, 2.05) is 11.3 Å². The van der Waals surface area contributed by atoms with Crippen LogP contribution >= 0.6 is 11.3 Å². The topological polar surface area (TPSA) is 15.3 Å². The summed E-state index contributed by atoms with van der Waals surface area (Å²) in [6.07, 6.45) is 1.28. The Bertz CT molecular complexity index is 321. The highest BCUT2D eigenvalue weighted by molar-refractivity contribution is 7.10. The van der Waals surface area contributed by atoms with Crippen molar-refractivity contribution in [3.63, 3.8) is 0 Å². The summed E-state index contributed by atoms with van der Waals surface area (Å²) in [5, 5.41) is 5.91. The van der Waals surface area contributed by atoms with Gasteiger partial charge in [0.05, 0.1) is 0 Å². The number of nitrogens with one attached hydrogen (secondary N) is 1. The minimum absolute atomic E-state index is 0.501. The molecule has 0 aliphatic carbocycles. The average Bonchev–Trinajstić information content (AvgIpc) is 2.75. The lowest BCUT2D eigenvalue weighted by Crippen LogP contribution is -2.33. The number of likely N-dealkylation sites (tertiary alicyclic amines) is 1. The number of rotatable bonds is 3. The maximum Gasteiger partial charge on any atom is 0.0391 e. The maximum atomic E-state index is 3.72. The van der Waals surface area contributed by atoms with Crippen LogP contribution in [0.25, 0.3) is 0 Å². The van der Waals surface area contributed by atoms with Gasteiger partial charge < -0.3 is 10.2 Å². The van der Waals surface area contributed by atoms with Gasteiger partial charge >= 0.3 is 0 Å². The molecule has 1 aromatic rings. The van der Waals surface area contributed by atoms with Gasteiger partial charge in [-0.3, -0.25) is 0 Å². The van der Waals surface area contributed by atoms with Crippen LogP contribution in [0.5, 0.6) is 0 Å². The van der Waals surface area contributed by atoms with Crippen molar-refractivity contribution in [1.29, 1.82) is 0 Å². The molecule has 1 N–H and O–H groups in total. The molecule has 3 heteroatoms. The van der Waals surface area contributed by atoms with Gasteiger partial charge in [0.1, 0.15) is 0 Å². The molecule has 2 rings (SSSR count). The highest BCUT2D eigenvalue weighted by atomic mass is 32.1. The Morgan fingerprint density at radius 3 is 2.93 bits per heavy atom. The standard InChI is InChI=1S/C12H20N2S/c1-9-5-7-15-12(9)10(2)13-11-4-6-14(3)8-11/h5,7,10-11,13H,4,6,8H2,1-3H3/t10-,11-/m0/s1. The van der Waals surface area contributed by atoms with Crippen molar-refractivity contribution in [3.05, 3.63) is 21.9 Å². The van der Waals surface area contributed by atoms with Crippen LogP contribution in [0.4, 0.5) is 0 Å². The predicted molar refractivity (Wildman–Crippen MR) is 66.5 cm³/mol. The molecule has 84 valence electrons. The van der Waals surface area contributed by atoms with E-state index < -0.39 is 0 Å². The fourth-order valence-corrected chi connectivity index (χ4v) is 3.27. The normalized spacial score (nSPS) is 24.6. The molecular weight excluding hydrogens is 204 g/mol. The molecule has 1 saturated heterocycles. The Labute approximate surface area is 96.3 Å². The molecule has 1 fully saturated rings. The van der Waals surface area contributed by atoms with Gasteiger partial charge in [0, 0.05) is 23.5 Å². The van der Waals surface area contributed by atoms with Gasteiger partial charge in [-0.1, -0.05) is 0 Å². The Kier molecular flexibility index (Phi) is 3.44. The second-order valence-electron chi connectivity index (χ2n) is 4.60. The van der Waals surface area contributed by atoms with Gasteiger partial charge in [-0.15, -0.1) is 11.3 Å². The molecule has 15 heavy (non-hydrogen) atoms. The Morgan fingerprint density at radius 1 is 1.60 bits per heavy atom. The van der Waals surface area contributed by atoms with Crippen molar-refractivity contribution in [2.24, 2.45) is 0 Å². The molecule has 0 radical (unpaired) electrons. The monoisotopic (exact) mass is 224 g/mol. The lowest BCUT2D eigenvalue weighted by atomic mass is 10.1. The molecule has 0 spiro atoms. The Morgan fingerprint density at radius 2 is 2.40 bits per heavy atom. The van der Waals surface area contributed by atoms with Crippen LogP contribution in [0.1, 0.15) is 29.8 Å². The summed E-state index contributed by atoms with van der Waals surface area (Å²) in [5.74, 6) is 0. The van der Waals surface area contributed by atoms with E-state index in [1.54, 1.807) is 0 Å². The quantitative estimate of drug-likeness (QED) is 0.848. The van der Waals surface area contributed by atoms with Crippen LogP contribution in [0.15, 0.2) is 11.4 Å². The highest BCUT2D eigenvalue weighted by Crippen LogP contribution is 2.24. The van der Waals surface area contributed by atoms with Crippen LogP contribution < -0.4 is 5.32 Å². The van der Waals surface area contributed by atoms with Gasteiger partial charge in [0.2, 0.25) is 0 Å². The van der Waals surface area contributed by atoms with E-state index in [0.717, 1.165) is 0 Å². The average molecular weight is 224 g/mol. The van der Waals surface area contributed by atoms with Crippen molar-refractivity contribution in [1.82, 2.24) is 10.2 Å². The van der Waals surface area contributed by atoms with Gasteiger partial charge in [-0.05, 0) is 50.9 Å². The predicted octanol–water partition coefficient (Wildman–Crippen LogP) is 2.41. The van der Waals surface area contributed by atoms with Gasteiger partial charge in [-0.2, -0.15) is 0 Å². The zero-order valence-electron chi connectivity index (χ0n) is 9.79. The molecule has 0 saturated carbocycles. The van der Waals surface area contributed by atoms with Crippen molar-refractivity contribution in [2.75, 3.05) is 20.1 Å². The first-order valence-electron chi connectivity index (χ1n) is 5.65. The zero-order chi connectivity index (χ0) is 10.8. The second kappa shape index (κ2) is 4.64. The van der Waals surface area contributed by atoms with E-state index in [-0.39, 0.29) is 0 Å². The third-order valence-corrected chi connectivity index (χ3v) is 4.37. The van der Waals surface area contributed by atoms with Crippen molar-refractivity contribution in [2.45, 2.75) is 32.4 Å². The molecule has 0 bridgehead atoms. The summed E-state index contributed by atoms with van der Waals surface area (Å²) in [5.41, 5.74) is 1.42. The highest BCUT2D eigenvalue weighted by Gasteiger charge is 2.21. The number of hydrogen-bond acceptors (Lipinski definition) is 3. The van der Waals surface area contributed by atoms with Crippen LogP contribution in [-0.4, -0.2) is 31.1 Å². The minimum Gasteiger partial charge on any atom is -0.305 e. The SMILES string of the molecule is Cc1ccsc1[C@H](C)N[C@H]1CCN(C)C1. The van der Waals surface area contributed by atoms with Crippen LogP contribution in [-0.2, 0) is 0 Å². The zero-order valence-corrected chi connectivity index (χ0v) is 10.6. The number of nitrogens with zero attached hydrogens (tertiary/aromatic N) is 1. The largest absolute Gasteiger partial charge is 0.305 e. The van der Waals surface area contributed by atoms with E-state index >= 15 is 0 Å². The third kappa shape index (κ3) is 2.60. The first-order valence-corrected chi connectivity index (χ1v) is 6.53. The number of thiophene rings is 1. The van der Waals surface area contributed by atoms with Crippen molar-refractivity contribution in [3.8, 4) is 0 Å². The molecule has 2 atom stereocenters. The number of likely N-dealkylation sites (N-methyl/N-ethyl adjacent to an activating group) is 1. The van der Waals surface area contributed by atoms with Crippen LogP contribution in [0, 0.1) is 6.92 Å². The summed E-state index contributed by atoms with van der Waals surface area (Å²) >= 11 is 1.87. The van der Waals surface area contributed by atoms with E-state index in [1.165, 1.54) is 30.0 Å². The minimum atomic E-state index is 0.501. The first-order chi connectivity index (χ1) is 7.16. The molecule has 0 aromatic carbocycles. The molecule has 2 nitrogen and oxygen atoms in total. The molecule has 1 aromatic heterocycles. The van der Waals surface area contributed by atoms with E-state index in [4.69, 9.17) is 0 Å². The number of hydrogen-bond donors (Lipinski definition) is 1. The second-order valence-corrected chi connectivity index (χ2v) is 5.55. The fraction of sp³-hybridized carbons (Fsp3) is 0.667. The third-order valence-electron chi connectivity index (χ3n) is 3.17. The summed E-state index contributed by atoms with van der Waals surface area (Å²) in [6.45, 7) is 6.89.